The maximum atomic E-state index is 5.28. The van der Waals surface area contributed by atoms with Crippen molar-refractivity contribution in [2.24, 2.45) is 0 Å². The highest BCUT2D eigenvalue weighted by atomic mass is 16.5. The van der Waals surface area contributed by atoms with Gasteiger partial charge in [-0.25, -0.2) is 0 Å². The first-order valence-corrected chi connectivity index (χ1v) is 5.64. The third kappa shape index (κ3) is 1.86. The molecule has 82 valence electrons. The topological polar surface area (TPSA) is 21.3 Å². The minimum absolute atomic E-state index is 0.189. The molecule has 0 unspecified atom stereocenters. The van der Waals surface area contributed by atoms with Crippen molar-refractivity contribution in [2.45, 2.75) is 31.2 Å². The Morgan fingerprint density at radius 2 is 2.00 bits per heavy atom. The molecule has 2 heteroatoms. The molecule has 0 atom stereocenters. The summed E-state index contributed by atoms with van der Waals surface area (Å²) in [6.45, 7) is 0. The average molecular weight is 205 g/mol. The van der Waals surface area contributed by atoms with Crippen LogP contribution in [0.1, 0.15) is 31.2 Å². The standard InChI is InChI=1S/C13H19NO/c1-14-13(8-3-4-9-13)11-6-5-7-12(10-11)15-2/h5-7,10,14H,3-4,8-9H2,1-2H3. The van der Waals surface area contributed by atoms with Crippen LogP contribution in [-0.4, -0.2) is 14.2 Å². The molecule has 1 N–H and O–H groups in total. The summed E-state index contributed by atoms with van der Waals surface area (Å²) in [5.41, 5.74) is 1.55. The van der Waals surface area contributed by atoms with Crippen molar-refractivity contribution >= 4 is 0 Å². The fraction of sp³-hybridized carbons (Fsp3) is 0.538. The number of nitrogens with one attached hydrogen (secondary N) is 1. The second kappa shape index (κ2) is 4.23. The molecule has 15 heavy (non-hydrogen) atoms. The molecule has 0 saturated heterocycles. The van der Waals surface area contributed by atoms with Gasteiger partial charge in [0.1, 0.15) is 5.75 Å². The zero-order valence-electron chi connectivity index (χ0n) is 9.55. The van der Waals surface area contributed by atoms with Gasteiger partial charge in [0.15, 0.2) is 0 Å². The van der Waals surface area contributed by atoms with Gasteiger partial charge in [0.05, 0.1) is 7.11 Å². The fourth-order valence-electron chi connectivity index (χ4n) is 2.58. The molecule has 1 aromatic carbocycles. The minimum Gasteiger partial charge on any atom is -0.497 e. The largest absolute Gasteiger partial charge is 0.497 e. The van der Waals surface area contributed by atoms with Crippen LogP contribution >= 0.6 is 0 Å². The number of hydrogen-bond acceptors (Lipinski definition) is 2. The summed E-state index contributed by atoms with van der Waals surface area (Å²) in [6.07, 6.45) is 5.10. The molecule has 1 fully saturated rings. The van der Waals surface area contributed by atoms with E-state index in [2.05, 4.69) is 30.6 Å². The van der Waals surface area contributed by atoms with Gasteiger partial charge < -0.3 is 10.1 Å². The molecule has 0 radical (unpaired) electrons. The van der Waals surface area contributed by atoms with E-state index in [9.17, 15) is 0 Å². The quantitative estimate of drug-likeness (QED) is 0.819. The van der Waals surface area contributed by atoms with Crippen LogP contribution in [0.15, 0.2) is 24.3 Å². The van der Waals surface area contributed by atoms with Gasteiger partial charge in [-0.2, -0.15) is 0 Å². The van der Waals surface area contributed by atoms with E-state index < -0.39 is 0 Å². The van der Waals surface area contributed by atoms with Gasteiger partial charge in [0.25, 0.3) is 0 Å². The van der Waals surface area contributed by atoms with Crippen molar-refractivity contribution in [2.75, 3.05) is 14.2 Å². The summed E-state index contributed by atoms with van der Waals surface area (Å²) in [6, 6.07) is 8.43. The molecule has 0 amide bonds. The van der Waals surface area contributed by atoms with Crippen LogP contribution in [-0.2, 0) is 5.54 Å². The molecule has 0 spiro atoms. The van der Waals surface area contributed by atoms with Gasteiger partial charge in [0.2, 0.25) is 0 Å². The highest BCUT2D eigenvalue weighted by molar-refractivity contribution is 5.34. The molecule has 1 aliphatic rings. The maximum absolute atomic E-state index is 5.28. The van der Waals surface area contributed by atoms with Crippen LogP contribution in [0.25, 0.3) is 0 Å². The Bertz CT molecular complexity index is 329. The van der Waals surface area contributed by atoms with Crippen LogP contribution in [0.3, 0.4) is 0 Å². The molecular formula is C13H19NO. The Morgan fingerprint density at radius 3 is 2.60 bits per heavy atom. The van der Waals surface area contributed by atoms with Gasteiger partial charge in [-0.3, -0.25) is 0 Å². The molecule has 1 saturated carbocycles. The van der Waals surface area contributed by atoms with E-state index in [-0.39, 0.29) is 5.54 Å². The van der Waals surface area contributed by atoms with E-state index in [0.29, 0.717) is 0 Å². The fourth-order valence-corrected chi connectivity index (χ4v) is 2.58. The monoisotopic (exact) mass is 205 g/mol. The highest BCUT2D eigenvalue weighted by Gasteiger charge is 2.33. The predicted octanol–water partition coefficient (Wildman–Crippen LogP) is 2.68. The lowest BCUT2D eigenvalue weighted by Crippen LogP contribution is -2.36. The molecule has 1 aliphatic carbocycles. The van der Waals surface area contributed by atoms with Gasteiger partial charge in [-0.15, -0.1) is 0 Å². The number of ether oxygens (including phenoxy) is 1. The zero-order valence-corrected chi connectivity index (χ0v) is 9.55. The molecule has 0 heterocycles. The first kappa shape index (κ1) is 10.5. The van der Waals surface area contributed by atoms with E-state index >= 15 is 0 Å². The minimum atomic E-state index is 0.189. The van der Waals surface area contributed by atoms with E-state index in [0.717, 1.165) is 5.75 Å². The van der Waals surface area contributed by atoms with Crippen LogP contribution in [0.4, 0.5) is 0 Å². The first-order chi connectivity index (χ1) is 7.30. The molecule has 0 bridgehead atoms. The highest BCUT2D eigenvalue weighted by Crippen LogP contribution is 2.39. The molecule has 1 aromatic rings. The molecule has 2 rings (SSSR count). The molecule has 2 nitrogen and oxygen atoms in total. The van der Waals surface area contributed by atoms with Crippen LogP contribution < -0.4 is 10.1 Å². The normalized spacial score (nSPS) is 19.1. The van der Waals surface area contributed by atoms with Gasteiger partial charge in [-0.05, 0) is 37.6 Å². The lowest BCUT2D eigenvalue weighted by atomic mass is 9.88. The Labute approximate surface area is 91.6 Å². The lowest BCUT2D eigenvalue weighted by molar-refractivity contribution is 0.367. The van der Waals surface area contributed by atoms with Crippen molar-refractivity contribution < 1.29 is 4.74 Å². The summed E-state index contributed by atoms with van der Waals surface area (Å²) in [5.74, 6) is 0.953. The van der Waals surface area contributed by atoms with Crippen molar-refractivity contribution in [3.05, 3.63) is 29.8 Å². The Kier molecular flexibility index (Phi) is 2.96. The molecule has 0 aliphatic heterocycles. The first-order valence-electron chi connectivity index (χ1n) is 5.64. The van der Waals surface area contributed by atoms with Crippen molar-refractivity contribution in [3.8, 4) is 5.75 Å². The van der Waals surface area contributed by atoms with Crippen molar-refractivity contribution in [1.29, 1.82) is 0 Å². The SMILES string of the molecule is CNC1(c2cccc(OC)c2)CCCC1. The number of benzene rings is 1. The Hall–Kier alpha value is -1.02. The van der Waals surface area contributed by atoms with E-state index in [1.54, 1.807) is 7.11 Å². The van der Waals surface area contributed by atoms with Crippen LogP contribution in [0.2, 0.25) is 0 Å². The number of methoxy groups -OCH3 is 1. The number of hydrogen-bond donors (Lipinski definition) is 1. The van der Waals surface area contributed by atoms with Crippen LogP contribution in [0, 0.1) is 0 Å². The Morgan fingerprint density at radius 1 is 1.27 bits per heavy atom. The van der Waals surface area contributed by atoms with Gasteiger partial charge >= 0.3 is 0 Å². The van der Waals surface area contributed by atoms with Gasteiger partial charge in [0, 0.05) is 5.54 Å². The molecular weight excluding hydrogens is 186 g/mol. The average Bonchev–Trinajstić information content (AvgIpc) is 2.79. The smallest absolute Gasteiger partial charge is 0.119 e. The third-order valence-corrected chi connectivity index (χ3v) is 3.56. The Balaban J connectivity index is 2.33. The summed E-state index contributed by atoms with van der Waals surface area (Å²) in [4.78, 5) is 0. The molecule has 0 aromatic heterocycles. The number of rotatable bonds is 3. The van der Waals surface area contributed by atoms with Gasteiger partial charge in [-0.1, -0.05) is 25.0 Å². The second-order valence-electron chi connectivity index (χ2n) is 4.27. The van der Waals surface area contributed by atoms with Crippen LogP contribution in [0.5, 0.6) is 5.75 Å². The van der Waals surface area contributed by atoms with E-state index in [4.69, 9.17) is 4.74 Å². The lowest BCUT2D eigenvalue weighted by Gasteiger charge is -2.29. The third-order valence-electron chi connectivity index (χ3n) is 3.56. The maximum Gasteiger partial charge on any atom is 0.119 e. The summed E-state index contributed by atoms with van der Waals surface area (Å²) in [5, 5.41) is 3.49. The summed E-state index contributed by atoms with van der Waals surface area (Å²) >= 11 is 0. The summed E-state index contributed by atoms with van der Waals surface area (Å²) < 4.78 is 5.28. The van der Waals surface area contributed by atoms with E-state index in [1.807, 2.05) is 6.07 Å². The van der Waals surface area contributed by atoms with E-state index in [1.165, 1.54) is 31.2 Å². The second-order valence-corrected chi connectivity index (χ2v) is 4.27. The van der Waals surface area contributed by atoms with Crippen molar-refractivity contribution in [1.82, 2.24) is 5.32 Å². The summed E-state index contributed by atoms with van der Waals surface area (Å²) in [7, 11) is 3.78. The zero-order chi connectivity index (χ0) is 10.7. The predicted molar refractivity (Wildman–Crippen MR) is 62.2 cm³/mol. The van der Waals surface area contributed by atoms with Crippen molar-refractivity contribution in [3.63, 3.8) is 0 Å².